The fraction of sp³-hybridized carbons (Fsp3) is 0.722. The predicted molar refractivity (Wildman–Crippen MR) is 108 cm³/mol. The van der Waals surface area contributed by atoms with Crippen molar-refractivity contribution in [1.82, 2.24) is 15.5 Å². The molecular weight excluding hydrogens is 416 g/mol. The van der Waals surface area contributed by atoms with Gasteiger partial charge in [-0.25, -0.2) is 14.4 Å². The number of nitriles is 1. The van der Waals surface area contributed by atoms with Crippen molar-refractivity contribution in [2.45, 2.75) is 57.7 Å². The van der Waals surface area contributed by atoms with Crippen LogP contribution in [0.2, 0.25) is 0 Å². The SMILES string of the molecule is CC(C)(C)OC(=O)N[C@@H](CCCCNC(=O)C1CSCN1C(=O)O)C(=O)OCC#N. The van der Waals surface area contributed by atoms with Gasteiger partial charge in [-0.1, -0.05) is 0 Å². The highest BCUT2D eigenvalue weighted by molar-refractivity contribution is 7.99. The van der Waals surface area contributed by atoms with Gasteiger partial charge in [0.1, 0.15) is 23.8 Å². The summed E-state index contributed by atoms with van der Waals surface area (Å²) in [5.74, 6) is -0.438. The maximum Gasteiger partial charge on any atom is 0.408 e. The molecule has 11 nitrogen and oxygen atoms in total. The molecule has 1 aliphatic heterocycles. The molecule has 0 aromatic carbocycles. The van der Waals surface area contributed by atoms with Crippen molar-refractivity contribution < 1.29 is 33.8 Å². The summed E-state index contributed by atoms with van der Waals surface area (Å²) in [7, 11) is 0. The predicted octanol–water partition coefficient (Wildman–Crippen LogP) is 1.29. The molecule has 3 N–H and O–H groups in total. The van der Waals surface area contributed by atoms with E-state index < -0.39 is 42.4 Å². The van der Waals surface area contributed by atoms with Gasteiger partial charge in [0.05, 0.1) is 5.88 Å². The van der Waals surface area contributed by atoms with E-state index in [9.17, 15) is 19.2 Å². The second kappa shape index (κ2) is 12.1. The summed E-state index contributed by atoms with van der Waals surface area (Å²) in [6, 6.07) is -0.0111. The number of alkyl carbamates (subject to hydrolysis) is 1. The number of nitrogens with one attached hydrogen (secondary N) is 2. The number of unbranched alkanes of at least 4 members (excludes halogenated alkanes) is 1. The molecule has 168 valence electrons. The van der Waals surface area contributed by atoms with Gasteiger partial charge in [0.25, 0.3) is 0 Å². The molecule has 0 saturated carbocycles. The lowest BCUT2D eigenvalue weighted by Gasteiger charge is -2.23. The van der Waals surface area contributed by atoms with Crippen molar-refractivity contribution in [3.05, 3.63) is 0 Å². The van der Waals surface area contributed by atoms with Crippen molar-refractivity contribution in [2.24, 2.45) is 0 Å². The maximum atomic E-state index is 12.2. The number of rotatable bonds is 9. The summed E-state index contributed by atoms with van der Waals surface area (Å²) in [5.41, 5.74) is -0.738. The van der Waals surface area contributed by atoms with Crippen LogP contribution >= 0.6 is 11.8 Å². The average molecular weight is 445 g/mol. The lowest BCUT2D eigenvalue weighted by Crippen LogP contribution is -2.47. The summed E-state index contributed by atoms with van der Waals surface area (Å²) in [6.07, 6.45) is -0.726. The van der Waals surface area contributed by atoms with E-state index >= 15 is 0 Å². The number of carboxylic acid groups (broad SMARTS) is 1. The van der Waals surface area contributed by atoms with Crippen molar-refractivity contribution in [1.29, 1.82) is 5.26 Å². The minimum atomic E-state index is -1.13. The number of esters is 1. The largest absolute Gasteiger partial charge is 0.465 e. The summed E-state index contributed by atoms with van der Waals surface area (Å²) in [4.78, 5) is 48.4. The Morgan fingerprint density at radius 2 is 2.00 bits per heavy atom. The molecule has 1 aliphatic rings. The van der Waals surface area contributed by atoms with E-state index in [2.05, 4.69) is 10.6 Å². The Kier molecular flexibility index (Phi) is 10.2. The smallest absolute Gasteiger partial charge is 0.408 e. The van der Waals surface area contributed by atoms with E-state index in [1.807, 2.05) is 0 Å². The molecule has 12 heteroatoms. The van der Waals surface area contributed by atoms with Gasteiger partial charge in [-0.3, -0.25) is 9.69 Å². The molecule has 1 heterocycles. The molecule has 3 amide bonds. The first-order valence-electron chi connectivity index (χ1n) is 9.43. The van der Waals surface area contributed by atoms with Gasteiger partial charge >= 0.3 is 18.2 Å². The third kappa shape index (κ3) is 9.21. The first kappa shape index (κ1) is 25.4. The van der Waals surface area contributed by atoms with Gasteiger partial charge < -0.3 is 25.2 Å². The van der Waals surface area contributed by atoms with Crippen LogP contribution in [0.1, 0.15) is 40.0 Å². The van der Waals surface area contributed by atoms with Crippen LogP contribution in [0, 0.1) is 11.3 Å². The second-order valence-electron chi connectivity index (χ2n) is 7.52. The summed E-state index contributed by atoms with van der Waals surface area (Å²) in [5, 5.41) is 22.8. The molecule has 0 spiro atoms. The molecule has 1 fully saturated rings. The molecule has 1 rings (SSSR count). The third-order valence-corrected chi connectivity index (χ3v) is 4.92. The summed E-state index contributed by atoms with van der Waals surface area (Å²) < 4.78 is 9.91. The zero-order valence-corrected chi connectivity index (χ0v) is 18.1. The van der Waals surface area contributed by atoms with Crippen LogP contribution in [-0.2, 0) is 19.1 Å². The molecule has 1 saturated heterocycles. The molecule has 30 heavy (non-hydrogen) atoms. The Morgan fingerprint density at radius 3 is 2.60 bits per heavy atom. The standard InChI is InChI=1S/C18H28N4O7S/c1-18(2,3)29-16(25)21-12(15(24)28-9-7-19)6-4-5-8-20-14(23)13-10-30-11-22(13)17(26)27/h12-13H,4-6,8-11H2,1-3H3,(H,20,23)(H,21,25)(H,26,27)/t12-,13?/m0/s1. The van der Waals surface area contributed by atoms with Gasteiger partial charge in [0, 0.05) is 12.3 Å². The zero-order valence-electron chi connectivity index (χ0n) is 17.3. The fourth-order valence-electron chi connectivity index (χ4n) is 2.55. The number of ether oxygens (including phenoxy) is 2. The number of carbonyl (C=O) groups is 4. The molecule has 0 aliphatic carbocycles. The number of hydrogen-bond donors (Lipinski definition) is 3. The zero-order chi connectivity index (χ0) is 22.7. The highest BCUT2D eigenvalue weighted by Crippen LogP contribution is 2.20. The van der Waals surface area contributed by atoms with E-state index in [1.54, 1.807) is 26.8 Å². The van der Waals surface area contributed by atoms with Gasteiger partial charge in [0.15, 0.2) is 6.61 Å². The fourth-order valence-corrected chi connectivity index (χ4v) is 3.70. The van der Waals surface area contributed by atoms with E-state index in [0.717, 1.165) is 4.90 Å². The van der Waals surface area contributed by atoms with E-state index in [4.69, 9.17) is 19.8 Å². The third-order valence-electron chi connectivity index (χ3n) is 3.90. The van der Waals surface area contributed by atoms with Crippen LogP contribution in [0.25, 0.3) is 0 Å². The van der Waals surface area contributed by atoms with E-state index in [1.165, 1.54) is 11.8 Å². The van der Waals surface area contributed by atoms with Gasteiger partial charge in [-0.05, 0) is 40.0 Å². The van der Waals surface area contributed by atoms with Crippen LogP contribution in [0.4, 0.5) is 9.59 Å². The normalized spacial score (nSPS) is 16.9. The summed E-state index contributed by atoms with van der Waals surface area (Å²) in [6.45, 7) is 4.92. The van der Waals surface area contributed by atoms with Crippen LogP contribution in [-0.4, -0.2) is 76.5 Å². The lowest BCUT2D eigenvalue weighted by atomic mass is 10.1. The topological polar surface area (TPSA) is 158 Å². The summed E-state index contributed by atoms with van der Waals surface area (Å²) >= 11 is 1.37. The second-order valence-corrected chi connectivity index (χ2v) is 8.52. The van der Waals surface area contributed by atoms with E-state index in [0.29, 0.717) is 25.1 Å². The van der Waals surface area contributed by atoms with Gasteiger partial charge in [-0.2, -0.15) is 5.26 Å². The van der Waals surface area contributed by atoms with E-state index in [-0.39, 0.29) is 18.2 Å². The molecule has 2 atom stereocenters. The molecule has 1 unspecified atom stereocenters. The number of carbonyl (C=O) groups excluding carboxylic acids is 3. The molecule has 0 radical (unpaired) electrons. The Bertz CT molecular complexity index is 674. The van der Waals surface area contributed by atoms with Crippen LogP contribution in [0.3, 0.4) is 0 Å². The van der Waals surface area contributed by atoms with Crippen LogP contribution in [0.5, 0.6) is 0 Å². The van der Waals surface area contributed by atoms with Crippen LogP contribution in [0.15, 0.2) is 0 Å². The molecule has 0 bridgehead atoms. The molecule has 0 aromatic rings. The van der Waals surface area contributed by atoms with Crippen LogP contribution < -0.4 is 10.6 Å². The van der Waals surface area contributed by atoms with Crippen molar-refractivity contribution in [3.63, 3.8) is 0 Å². The molecular formula is C18H28N4O7S. The number of amides is 3. The molecule has 0 aromatic heterocycles. The highest BCUT2D eigenvalue weighted by atomic mass is 32.2. The Hall–Kier alpha value is -2.68. The lowest BCUT2D eigenvalue weighted by molar-refractivity contribution is -0.145. The monoisotopic (exact) mass is 444 g/mol. The Labute approximate surface area is 179 Å². The van der Waals surface area contributed by atoms with Gasteiger partial charge in [-0.15, -0.1) is 11.8 Å². The maximum absolute atomic E-state index is 12.2. The van der Waals surface area contributed by atoms with Crippen molar-refractivity contribution >= 4 is 35.8 Å². The minimum absolute atomic E-state index is 0.222. The average Bonchev–Trinajstić information content (AvgIpc) is 3.13. The number of nitrogens with zero attached hydrogens (tertiary/aromatic N) is 2. The Balaban J connectivity index is 2.45. The van der Waals surface area contributed by atoms with Crippen molar-refractivity contribution in [3.8, 4) is 6.07 Å². The quantitative estimate of drug-likeness (QED) is 0.352. The number of thioether (sulfide) groups is 1. The highest BCUT2D eigenvalue weighted by Gasteiger charge is 2.34. The van der Waals surface area contributed by atoms with Crippen molar-refractivity contribution in [2.75, 3.05) is 24.8 Å². The minimum Gasteiger partial charge on any atom is -0.465 e. The van der Waals surface area contributed by atoms with Gasteiger partial charge in [0.2, 0.25) is 5.91 Å². The first-order chi connectivity index (χ1) is 14.0. The first-order valence-corrected chi connectivity index (χ1v) is 10.6. The Morgan fingerprint density at radius 1 is 1.30 bits per heavy atom. The number of hydrogen-bond acceptors (Lipinski definition) is 8.